The number of amides is 1. The first kappa shape index (κ1) is 15.6. The molecule has 0 aliphatic carbocycles. The first-order valence-corrected chi connectivity index (χ1v) is 7.33. The first-order valence-electron chi connectivity index (χ1n) is 7.33. The Bertz CT molecular complexity index is 827. The average Bonchev–Trinajstić information content (AvgIpc) is 3.16. The Hall–Kier alpha value is -3.28. The molecule has 6 heteroatoms. The number of methoxy groups -OCH3 is 2. The van der Waals surface area contributed by atoms with Gasteiger partial charge in [0.25, 0.3) is 5.91 Å². The van der Waals surface area contributed by atoms with Crippen LogP contribution in [0.25, 0.3) is 5.69 Å². The first-order chi connectivity index (χ1) is 11.7. The molecule has 0 atom stereocenters. The van der Waals surface area contributed by atoms with Gasteiger partial charge in [-0.3, -0.25) is 4.79 Å². The summed E-state index contributed by atoms with van der Waals surface area (Å²) in [5, 5.41) is 2.86. The van der Waals surface area contributed by atoms with Gasteiger partial charge in [0.15, 0.2) is 0 Å². The number of hydrogen-bond acceptors (Lipinski definition) is 4. The number of rotatable bonds is 5. The third-order valence-electron chi connectivity index (χ3n) is 3.58. The second kappa shape index (κ2) is 6.87. The van der Waals surface area contributed by atoms with E-state index in [9.17, 15) is 4.79 Å². The molecule has 0 fully saturated rings. The normalized spacial score (nSPS) is 10.2. The maximum atomic E-state index is 12.5. The Kier molecular flexibility index (Phi) is 4.47. The van der Waals surface area contributed by atoms with E-state index in [1.165, 1.54) is 7.11 Å². The van der Waals surface area contributed by atoms with E-state index < -0.39 is 0 Å². The van der Waals surface area contributed by atoms with Crippen LogP contribution in [-0.2, 0) is 0 Å². The van der Waals surface area contributed by atoms with Crippen molar-refractivity contribution in [2.75, 3.05) is 19.5 Å². The zero-order valence-corrected chi connectivity index (χ0v) is 13.4. The fraction of sp³-hybridized carbons (Fsp3) is 0.111. The number of anilines is 1. The van der Waals surface area contributed by atoms with Gasteiger partial charge in [-0.1, -0.05) is 0 Å². The Morgan fingerprint density at radius 1 is 1.08 bits per heavy atom. The van der Waals surface area contributed by atoms with Crippen molar-refractivity contribution in [1.29, 1.82) is 0 Å². The summed E-state index contributed by atoms with van der Waals surface area (Å²) < 4.78 is 12.3. The molecule has 0 radical (unpaired) electrons. The Morgan fingerprint density at radius 3 is 2.50 bits per heavy atom. The van der Waals surface area contributed by atoms with E-state index >= 15 is 0 Å². The fourth-order valence-corrected chi connectivity index (χ4v) is 2.32. The summed E-state index contributed by atoms with van der Waals surface area (Å²) in [7, 11) is 3.08. The lowest BCUT2D eigenvalue weighted by Crippen LogP contribution is -2.13. The summed E-state index contributed by atoms with van der Waals surface area (Å²) in [4.78, 5) is 16.5. The number of benzene rings is 2. The molecule has 0 saturated heterocycles. The predicted molar refractivity (Wildman–Crippen MR) is 91.1 cm³/mol. The molecule has 0 saturated carbocycles. The van der Waals surface area contributed by atoms with Crippen molar-refractivity contribution in [1.82, 2.24) is 9.55 Å². The van der Waals surface area contributed by atoms with Crippen molar-refractivity contribution in [2.45, 2.75) is 0 Å². The maximum absolute atomic E-state index is 12.5. The highest BCUT2D eigenvalue weighted by Gasteiger charge is 2.14. The highest BCUT2D eigenvalue weighted by Crippen LogP contribution is 2.25. The molecule has 122 valence electrons. The van der Waals surface area contributed by atoms with Gasteiger partial charge in [-0.25, -0.2) is 4.98 Å². The fourth-order valence-electron chi connectivity index (χ4n) is 2.32. The van der Waals surface area contributed by atoms with E-state index in [1.807, 2.05) is 35.0 Å². The van der Waals surface area contributed by atoms with Crippen molar-refractivity contribution in [2.24, 2.45) is 0 Å². The topological polar surface area (TPSA) is 65.4 Å². The quantitative estimate of drug-likeness (QED) is 0.783. The molecule has 3 aromatic rings. The van der Waals surface area contributed by atoms with Crippen LogP contribution >= 0.6 is 0 Å². The van der Waals surface area contributed by atoms with Crippen LogP contribution in [0.15, 0.2) is 61.2 Å². The predicted octanol–water partition coefficient (Wildman–Crippen LogP) is 3.14. The number of carbonyl (C=O) groups is 1. The molecule has 0 unspecified atom stereocenters. The van der Waals surface area contributed by atoms with E-state index in [1.54, 1.807) is 37.8 Å². The summed E-state index contributed by atoms with van der Waals surface area (Å²) in [5.41, 5.74) is 2.06. The molecule has 24 heavy (non-hydrogen) atoms. The minimum Gasteiger partial charge on any atom is -0.497 e. The van der Waals surface area contributed by atoms with Crippen LogP contribution in [0.1, 0.15) is 10.4 Å². The third-order valence-corrected chi connectivity index (χ3v) is 3.58. The highest BCUT2D eigenvalue weighted by molar-refractivity contribution is 6.06. The minimum atomic E-state index is -0.263. The summed E-state index contributed by atoms with van der Waals surface area (Å²) in [6, 6.07) is 12.6. The molecule has 2 aromatic carbocycles. The van der Waals surface area contributed by atoms with E-state index in [0.717, 1.165) is 5.69 Å². The number of aromatic nitrogens is 2. The average molecular weight is 323 g/mol. The van der Waals surface area contributed by atoms with E-state index in [2.05, 4.69) is 10.3 Å². The lowest BCUT2D eigenvalue weighted by Gasteiger charge is -2.11. The Labute approximate surface area is 139 Å². The molecule has 3 rings (SSSR count). The van der Waals surface area contributed by atoms with Gasteiger partial charge in [-0.15, -0.1) is 0 Å². The molecule has 0 aliphatic rings. The van der Waals surface area contributed by atoms with E-state index in [0.29, 0.717) is 22.7 Å². The number of carbonyl (C=O) groups excluding carboxylic acids is 1. The molecule has 1 N–H and O–H groups in total. The summed E-state index contributed by atoms with van der Waals surface area (Å²) >= 11 is 0. The van der Waals surface area contributed by atoms with Gasteiger partial charge < -0.3 is 19.4 Å². The molecular weight excluding hydrogens is 306 g/mol. The maximum Gasteiger partial charge on any atom is 0.259 e. The Balaban J connectivity index is 1.80. The number of nitrogens with one attached hydrogen (secondary N) is 1. The van der Waals surface area contributed by atoms with Crippen LogP contribution in [0, 0.1) is 0 Å². The van der Waals surface area contributed by atoms with Crippen molar-refractivity contribution >= 4 is 11.6 Å². The van der Waals surface area contributed by atoms with Crippen LogP contribution in [0.3, 0.4) is 0 Å². The lowest BCUT2D eigenvalue weighted by atomic mass is 10.1. The molecule has 1 heterocycles. The number of hydrogen-bond donors (Lipinski definition) is 1. The smallest absolute Gasteiger partial charge is 0.259 e. The lowest BCUT2D eigenvalue weighted by molar-refractivity contribution is 0.102. The zero-order valence-electron chi connectivity index (χ0n) is 13.4. The second-order valence-electron chi connectivity index (χ2n) is 5.04. The minimum absolute atomic E-state index is 0.263. The van der Waals surface area contributed by atoms with Gasteiger partial charge in [0.1, 0.15) is 11.5 Å². The van der Waals surface area contributed by atoms with Gasteiger partial charge in [0.05, 0.1) is 26.1 Å². The SMILES string of the molecule is COc1ccc(OC)c(C(=O)Nc2ccc(-n3ccnc3)cc2)c1. The monoisotopic (exact) mass is 323 g/mol. The van der Waals surface area contributed by atoms with Crippen LogP contribution in [0.5, 0.6) is 11.5 Å². The van der Waals surface area contributed by atoms with Gasteiger partial charge in [0.2, 0.25) is 0 Å². The number of ether oxygens (including phenoxy) is 2. The summed E-state index contributed by atoms with van der Waals surface area (Å²) in [5.74, 6) is 0.820. The summed E-state index contributed by atoms with van der Waals surface area (Å²) in [6.07, 6.45) is 5.29. The third kappa shape index (κ3) is 3.22. The van der Waals surface area contributed by atoms with Crippen molar-refractivity contribution in [3.8, 4) is 17.2 Å². The molecular formula is C18H17N3O3. The van der Waals surface area contributed by atoms with Gasteiger partial charge >= 0.3 is 0 Å². The molecule has 0 aliphatic heterocycles. The van der Waals surface area contributed by atoms with Gasteiger partial charge in [-0.2, -0.15) is 0 Å². The van der Waals surface area contributed by atoms with E-state index in [-0.39, 0.29) is 5.91 Å². The standard InChI is InChI=1S/C18H17N3O3/c1-23-15-7-8-17(24-2)16(11-15)18(22)20-13-3-5-14(6-4-13)21-10-9-19-12-21/h3-12H,1-2H3,(H,20,22). The van der Waals surface area contributed by atoms with Crippen LogP contribution < -0.4 is 14.8 Å². The highest BCUT2D eigenvalue weighted by atomic mass is 16.5. The Morgan fingerprint density at radius 2 is 1.88 bits per heavy atom. The van der Waals surface area contributed by atoms with Crippen molar-refractivity contribution in [3.05, 3.63) is 66.7 Å². The molecule has 0 spiro atoms. The van der Waals surface area contributed by atoms with Crippen molar-refractivity contribution < 1.29 is 14.3 Å². The molecule has 0 bridgehead atoms. The second-order valence-corrected chi connectivity index (χ2v) is 5.04. The number of imidazole rings is 1. The summed E-state index contributed by atoms with van der Waals surface area (Å²) in [6.45, 7) is 0. The van der Waals surface area contributed by atoms with Crippen LogP contribution in [0.4, 0.5) is 5.69 Å². The molecule has 6 nitrogen and oxygen atoms in total. The van der Waals surface area contributed by atoms with Crippen molar-refractivity contribution in [3.63, 3.8) is 0 Å². The largest absolute Gasteiger partial charge is 0.497 e. The molecule has 1 amide bonds. The number of nitrogens with zero attached hydrogens (tertiary/aromatic N) is 2. The van der Waals surface area contributed by atoms with Crippen LogP contribution in [0.2, 0.25) is 0 Å². The van der Waals surface area contributed by atoms with Crippen LogP contribution in [-0.4, -0.2) is 29.7 Å². The zero-order chi connectivity index (χ0) is 16.9. The molecule has 1 aromatic heterocycles. The van der Waals surface area contributed by atoms with Gasteiger partial charge in [-0.05, 0) is 42.5 Å². The van der Waals surface area contributed by atoms with Gasteiger partial charge in [0, 0.05) is 23.8 Å². The van der Waals surface area contributed by atoms with E-state index in [4.69, 9.17) is 9.47 Å².